The number of nitrogens with zero attached hydrogens (tertiary/aromatic N) is 1. The molecule has 9 heteroatoms. The Morgan fingerprint density at radius 3 is 2.52 bits per heavy atom. The summed E-state index contributed by atoms with van der Waals surface area (Å²) in [6, 6.07) is 11.0. The zero-order chi connectivity index (χ0) is 21.1. The van der Waals surface area contributed by atoms with Crippen LogP contribution in [0.25, 0.3) is 6.08 Å². The molecule has 1 heterocycles. The fourth-order valence-corrected chi connectivity index (χ4v) is 4.15. The van der Waals surface area contributed by atoms with E-state index in [1.807, 2.05) is 31.2 Å². The lowest BCUT2D eigenvalue weighted by Gasteiger charge is -2.11. The topological polar surface area (TPSA) is 89.7 Å². The maximum Gasteiger partial charge on any atom is 0.294 e. The molecule has 150 valence electrons. The molecule has 1 aliphatic rings. The molecule has 0 aromatic heterocycles. The van der Waals surface area contributed by atoms with Gasteiger partial charge in [0, 0.05) is 0 Å². The molecule has 2 N–H and O–H groups in total. The minimum atomic E-state index is -0.769. The van der Waals surface area contributed by atoms with E-state index in [1.165, 1.54) is 6.08 Å². The van der Waals surface area contributed by atoms with E-state index in [0.717, 1.165) is 16.0 Å². The van der Waals surface area contributed by atoms with Gasteiger partial charge in [-0.1, -0.05) is 53.0 Å². The summed E-state index contributed by atoms with van der Waals surface area (Å²) >= 11 is 13.3. The highest BCUT2D eigenvalue weighted by Crippen LogP contribution is 2.37. The van der Waals surface area contributed by atoms with Gasteiger partial charge in [-0.3, -0.25) is 19.3 Å². The van der Waals surface area contributed by atoms with Crippen LogP contribution >= 0.6 is 35.0 Å². The lowest BCUT2D eigenvalue weighted by Crippen LogP contribution is -2.36. The molecule has 2 aromatic carbocycles. The predicted octanol–water partition coefficient (Wildman–Crippen LogP) is 4.40. The van der Waals surface area contributed by atoms with Crippen LogP contribution in [-0.4, -0.2) is 28.5 Å². The second kappa shape index (κ2) is 8.90. The van der Waals surface area contributed by atoms with E-state index in [4.69, 9.17) is 33.7 Å². The maximum absolute atomic E-state index is 12.3. The number of benzene rings is 2. The summed E-state index contributed by atoms with van der Waals surface area (Å²) in [5.74, 6) is -1.03. The van der Waals surface area contributed by atoms with Crippen LogP contribution < -0.4 is 10.5 Å². The van der Waals surface area contributed by atoms with Crippen LogP contribution in [0.1, 0.15) is 16.7 Å². The third kappa shape index (κ3) is 5.12. The van der Waals surface area contributed by atoms with Crippen molar-refractivity contribution in [2.45, 2.75) is 13.5 Å². The molecule has 3 rings (SSSR count). The standard InChI is InChI=1S/C20H16Cl2N2O4S/c1-11-3-2-4-12(5-11)10-28-18-14(21)6-13(7-15(18)22)8-16-19(26)24(9-17(23)25)20(27)29-16/h2-8H,9-10H2,1H3,(H2,23,25)/b16-8-. The molecule has 29 heavy (non-hydrogen) atoms. The first-order chi connectivity index (χ1) is 13.7. The van der Waals surface area contributed by atoms with Crippen molar-refractivity contribution in [2.75, 3.05) is 6.54 Å². The number of amides is 3. The van der Waals surface area contributed by atoms with E-state index in [0.29, 0.717) is 29.7 Å². The monoisotopic (exact) mass is 450 g/mol. The Morgan fingerprint density at radius 2 is 1.90 bits per heavy atom. The van der Waals surface area contributed by atoms with Gasteiger partial charge in [0.2, 0.25) is 5.91 Å². The SMILES string of the molecule is Cc1cccc(COc2c(Cl)cc(/C=C3\SC(=O)N(CC(N)=O)C3=O)cc2Cl)c1. The zero-order valence-corrected chi connectivity index (χ0v) is 17.6. The van der Waals surface area contributed by atoms with Crippen LogP contribution in [0.4, 0.5) is 4.79 Å². The highest BCUT2D eigenvalue weighted by molar-refractivity contribution is 8.18. The average molecular weight is 451 g/mol. The number of carbonyl (C=O) groups is 3. The molecule has 0 aliphatic carbocycles. The van der Waals surface area contributed by atoms with Gasteiger partial charge in [0.15, 0.2) is 5.75 Å². The molecule has 0 spiro atoms. The Morgan fingerprint density at radius 1 is 1.21 bits per heavy atom. The number of halogens is 2. The van der Waals surface area contributed by atoms with Gasteiger partial charge in [-0.05, 0) is 48.0 Å². The summed E-state index contributed by atoms with van der Waals surface area (Å²) in [5.41, 5.74) is 7.68. The Labute approximate surface area is 181 Å². The van der Waals surface area contributed by atoms with Gasteiger partial charge >= 0.3 is 0 Å². The fraction of sp³-hybridized carbons (Fsp3) is 0.150. The Kier molecular flexibility index (Phi) is 6.52. The van der Waals surface area contributed by atoms with Crippen molar-refractivity contribution < 1.29 is 19.1 Å². The van der Waals surface area contributed by atoms with Gasteiger partial charge in [0.05, 0.1) is 15.0 Å². The molecular formula is C20H16Cl2N2O4S. The van der Waals surface area contributed by atoms with Gasteiger partial charge < -0.3 is 10.5 Å². The third-order valence-electron chi connectivity index (χ3n) is 3.97. The van der Waals surface area contributed by atoms with Crippen molar-refractivity contribution in [3.8, 4) is 5.75 Å². The molecule has 1 saturated heterocycles. The molecular weight excluding hydrogens is 435 g/mol. The molecule has 6 nitrogen and oxygen atoms in total. The highest BCUT2D eigenvalue weighted by Gasteiger charge is 2.35. The summed E-state index contributed by atoms with van der Waals surface area (Å²) in [6.45, 7) is 1.82. The Hall–Kier alpha value is -2.48. The molecule has 0 bridgehead atoms. The zero-order valence-electron chi connectivity index (χ0n) is 15.3. The number of hydrogen-bond donors (Lipinski definition) is 1. The summed E-state index contributed by atoms with van der Waals surface area (Å²) in [7, 11) is 0. The van der Waals surface area contributed by atoms with Crippen LogP contribution in [0, 0.1) is 6.92 Å². The number of primary amides is 1. The second-order valence-electron chi connectivity index (χ2n) is 6.33. The van der Waals surface area contributed by atoms with Gasteiger partial charge in [-0.15, -0.1) is 0 Å². The molecule has 1 aliphatic heterocycles. The fourth-order valence-electron chi connectivity index (χ4n) is 2.70. The van der Waals surface area contributed by atoms with Gasteiger partial charge in [-0.2, -0.15) is 0 Å². The van der Waals surface area contributed by atoms with E-state index in [2.05, 4.69) is 0 Å². The Balaban J connectivity index is 1.78. The average Bonchev–Trinajstić information content (AvgIpc) is 2.88. The molecule has 2 aromatic rings. The van der Waals surface area contributed by atoms with E-state index in [1.54, 1.807) is 12.1 Å². The minimum absolute atomic E-state index is 0.150. The van der Waals surface area contributed by atoms with E-state index in [9.17, 15) is 14.4 Å². The molecule has 0 radical (unpaired) electrons. The van der Waals surface area contributed by atoms with Crippen molar-refractivity contribution in [3.63, 3.8) is 0 Å². The van der Waals surface area contributed by atoms with Crippen molar-refractivity contribution in [3.05, 3.63) is 68.0 Å². The first-order valence-corrected chi connectivity index (χ1v) is 10.0. The molecule has 0 atom stereocenters. The number of nitrogens with two attached hydrogens (primary N) is 1. The predicted molar refractivity (Wildman–Crippen MR) is 114 cm³/mol. The van der Waals surface area contributed by atoms with Crippen molar-refractivity contribution >= 4 is 58.1 Å². The van der Waals surface area contributed by atoms with E-state index < -0.39 is 23.6 Å². The molecule has 0 unspecified atom stereocenters. The quantitative estimate of drug-likeness (QED) is 0.658. The summed E-state index contributed by atoms with van der Waals surface area (Å²) in [5, 5.41) is -0.0177. The third-order valence-corrected chi connectivity index (χ3v) is 5.44. The number of aryl methyl sites for hydroxylation is 1. The largest absolute Gasteiger partial charge is 0.486 e. The Bertz CT molecular complexity index is 1020. The first kappa shape index (κ1) is 21.2. The number of hydrogen-bond acceptors (Lipinski definition) is 5. The lowest BCUT2D eigenvalue weighted by molar-refractivity contribution is -0.127. The number of rotatable bonds is 6. The number of carbonyl (C=O) groups excluding carboxylic acids is 3. The lowest BCUT2D eigenvalue weighted by atomic mass is 10.1. The van der Waals surface area contributed by atoms with Crippen LogP contribution in [0.15, 0.2) is 41.3 Å². The van der Waals surface area contributed by atoms with Crippen molar-refractivity contribution in [1.29, 1.82) is 0 Å². The highest BCUT2D eigenvalue weighted by atomic mass is 35.5. The van der Waals surface area contributed by atoms with Gasteiger partial charge in [-0.25, -0.2) is 0 Å². The summed E-state index contributed by atoms with van der Waals surface area (Å²) < 4.78 is 5.76. The van der Waals surface area contributed by atoms with Crippen molar-refractivity contribution in [2.24, 2.45) is 5.73 Å². The van der Waals surface area contributed by atoms with Crippen LogP contribution in [0.3, 0.4) is 0 Å². The maximum atomic E-state index is 12.3. The second-order valence-corrected chi connectivity index (χ2v) is 8.13. The smallest absolute Gasteiger partial charge is 0.294 e. The number of thioether (sulfide) groups is 1. The molecule has 3 amide bonds. The molecule has 0 saturated carbocycles. The minimum Gasteiger partial charge on any atom is -0.486 e. The van der Waals surface area contributed by atoms with Gasteiger partial charge in [0.1, 0.15) is 13.2 Å². The summed E-state index contributed by atoms with van der Waals surface area (Å²) in [4.78, 5) is 36.2. The molecule has 1 fully saturated rings. The van der Waals surface area contributed by atoms with E-state index in [-0.39, 0.29) is 15.0 Å². The normalized spacial score (nSPS) is 15.3. The first-order valence-electron chi connectivity index (χ1n) is 8.45. The number of imide groups is 1. The summed E-state index contributed by atoms with van der Waals surface area (Å²) in [6.07, 6.45) is 1.48. The van der Waals surface area contributed by atoms with Crippen LogP contribution in [-0.2, 0) is 16.2 Å². The van der Waals surface area contributed by atoms with E-state index >= 15 is 0 Å². The van der Waals surface area contributed by atoms with Gasteiger partial charge in [0.25, 0.3) is 11.1 Å². The number of ether oxygens (including phenoxy) is 1. The van der Waals surface area contributed by atoms with Crippen molar-refractivity contribution in [1.82, 2.24) is 4.90 Å². The van der Waals surface area contributed by atoms with Crippen LogP contribution in [0.5, 0.6) is 5.75 Å². The van der Waals surface area contributed by atoms with Crippen LogP contribution in [0.2, 0.25) is 10.0 Å².